The second-order valence-corrected chi connectivity index (χ2v) is 12.1. The summed E-state index contributed by atoms with van der Waals surface area (Å²) < 4.78 is 30.8. The van der Waals surface area contributed by atoms with Crippen LogP contribution in [0, 0.1) is 0 Å². The largest absolute Gasteiger partial charge is 0.335 e. The number of urea groups is 1. The lowest BCUT2D eigenvalue weighted by molar-refractivity contribution is 0.232. The summed E-state index contributed by atoms with van der Waals surface area (Å²) in [6.07, 6.45) is 7.33. The van der Waals surface area contributed by atoms with Gasteiger partial charge in [0.1, 0.15) is 5.82 Å². The van der Waals surface area contributed by atoms with Crippen molar-refractivity contribution in [1.82, 2.24) is 35.0 Å². The van der Waals surface area contributed by atoms with E-state index in [1.54, 1.807) is 4.68 Å². The van der Waals surface area contributed by atoms with Crippen molar-refractivity contribution in [3.05, 3.63) is 47.5 Å². The molecule has 3 N–H and O–H groups in total. The Morgan fingerprint density at radius 3 is 2.49 bits per heavy atom. The number of carbonyl (C=O) groups excluding carboxylic acids is 1. The van der Waals surface area contributed by atoms with Crippen molar-refractivity contribution >= 4 is 16.1 Å². The third kappa shape index (κ3) is 10.5. The topological polar surface area (TPSA) is 121 Å². The molecule has 2 amide bonds. The van der Waals surface area contributed by atoms with Crippen LogP contribution >= 0.6 is 0 Å². The minimum absolute atomic E-state index is 0.0512. The molecular formula is C28H47N7O3S. The molecule has 0 bridgehead atoms. The highest BCUT2D eigenvalue weighted by Gasteiger charge is 2.25. The van der Waals surface area contributed by atoms with Crippen molar-refractivity contribution in [3.8, 4) is 0 Å². The molecule has 3 rings (SSSR count). The van der Waals surface area contributed by atoms with Gasteiger partial charge in [-0.3, -0.25) is 0 Å². The number of nitrogens with one attached hydrogen (secondary N) is 3. The van der Waals surface area contributed by atoms with Gasteiger partial charge in [0, 0.05) is 12.6 Å². The quantitative estimate of drug-likeness (QED) is 0.287. The normalized spacial score (nSPS) is 15.4. The molecule has 1 aliphatic carbocycles. The summed E-state index contributed by atoms with van der Waals surface area (Å²) in [4.78, 5) is 19.4. The lowest BCUT2D eigenvalue weighted by atomic mass is 9.96. The van der Waals surface area contributed by atoms with Gasteiger partial charge >= 0.3 is 6.03 Å². The number of rotatable bonds is 16. The third-order valence-corrected chi connectivity index (χ3v) is 8.86. The van der Waals surface area contributed by atoms with Gasteiger partial charge in [0.05, 0.1) is 18.3 Å². The van der Waals surface area contributed by atoms with E-state index in [1.165, 1.54) is 6.42 Å². The Morgan fingerprint density at radius 1 is 1.10 bits per heavy atom. The zero-order valence-electron chi connectivity index (χ0n) is 23.9. The fourth-order valence-corrected chi connectivity index (χ4v) is 6.34. The van der Waals surface area contributed by atoms with Gasteiger partial charge in [-0.15, -0.1) is 0 Å². The number of sulfonamides is 1. The number of aryl methyl sites for hydroxylation is 2. The average Bonchev–Trinajstić information content (AvgIpc) is 3.36. The minimum atomic E-state index is -3.54. The van der Waals surface area contributed by atoms with Crippen molar-refractivity contribution in [2.45, 2.75) is 97.3 Å². The molecule has 1 aromatic heterocycles. The van der Waals surface area contributed by atoms with Crippen LogP contribution in [0.5, 0.6) is 0 Å². The van der Waals surface area contributed by atoms with E-state index in [0.29, 0.717) is 37.5 Å². The van der Waals surface area contributed by atoms with Crippen molar-refractivity contribution in [2.24, 2.45) is 0 Å². The van der Waals surface area contributed by atoms with Crippen LogP contribution in [0.2, 0.25) is 0 Å². The van der Waals surface area contributed by atoms with Gasteiger partial charge in [-0.25, -0.2) is 27.6 Å². The molecule has 0 saturated heterocycles. The second kappa shape index (κ2) is 15.9. The fraction of sp³-hybridized carbons (Fsp3) is 0.679. The van der Waals surface area contributed by atoms with Gasteiger partial charge in [0.15, 0.2) is 5.82 Å². The monoisotopic (exact) mass is 561 g/mol. The Hall–Kier alpha value is -2.50. The van der Waals surface area contributed by atoms with E-state index in [0.717, 1.165) is 50.9 Å². The van der Waals surface area contributed by atoms with E-state index in [9.17, 15) is 13.2 Å². The molecule has 0 aliphatic heterocycles. The highest BCUT2D eigenvalue weighted by Crippen LogP contribution is 2.20. The van der Waals surface area contributed by atoms with Crippen LogP contribution in [0.25, 0.3) is 0 Å². The molecule has 1 saturated carbocycles. The van der Waals surface area contributed by atoms with Gasteiger partial charge in [-0.05, 0) is 64.2 Å². The summed E-state index contributed by atoms with van der Waals surface area (Å²) in [5, 5.41) is 10.6. The molecule has 218 valence electrons. The van der Waals surface area contributed by atoms with Crippen LogP contribution in [-0.2, 0) is 29.5 Å². The summed E-state index contributed by atoms with van der Waals surface area (Å²) in [5.74, 6) is 1.09. The van der Waals surface area contributed by atoms with E-state index in [1.807, 2.05) is 37.3 Å². The first-order chi connectivity index (χ1) is 18.8. The number of amides is 2. The molecule has 1 heterocycles. The summed E-state index contributed by atoms with van der Waals surface area (Å²) in [6, 6.07) is 9.45. The number of benzene rings is 1. The number of nitrogens with zero attached hydrogens (tertiary/aromatic N) is 4. The van der Waals surface area contributed by atoms with Gasteiger partial charge in [-0.2, -0.15) is 5.10 Å². The Kier molecular flexibility index (Phi) is 12.7. The Labute approximate surface area is 234 Å². The molecule has 0 spiro atoms. The number of hydrogen-bond donors (Lipinski definition) is 3. The zero-order valence-corrected chi connectivity index (χ0v) is 24.7. The van der Waals surface area contributed by atoms with Crippen molar-refractivity contribution in [2.75, 3.05) is 25.4 Å². The second-order valence-electron chi connectivity index (χ2n) is 10.3. The SMILES string of the molecule is CCN(CC)CCCS(=O)(=O)N[C@H](CCc1ccccc1)c1nc(CNC(=O)NC2CCCCC2)n(CC)n1. The molecular weight excluding hydrogens is 514 g/mol. The predicted octanol–water partition coefficient (Wildman–Crippen LogP) is 3.76. The molecule has 1 aromatic carbocycles. The zero-order chi connectivity index (χ0) is 28.1. The van der Waals surface area contributed by atoms with Crippen molar-refractivity contribution in [1.29, 1.82) is 0 Å². The molecule has 0 unspecified atom stereocenters. The van der Waals surface area contributed by atoms with Crippen molar-refractivity contribution < 1.29 is 13.2 Å². The Balaban J connectivity index is 1.69. The number of aromatic nitrogens is 3. The van der Waals surface area contributed by atoms with E-state index in [4.69, 9.17) is 4.98 Å². The lowest BCUT2D eigenvalue weighted by Crippen LogP contribution is -2.42. The highest BCUT2D eigenvalue weighted by molar-refractivity contribution is 7.89. The maximum atomic E-state index is 13.1. The molecule has 2 aromatic rings. The summed E-state index contributed by atoms with van der Waals surface area (Å²) >= 11 is 0. The first kappa shape index (κ1) is 31.0. The van der Waals surface area contributed by atoms with Gasteiger partial charge in [0.2, 0.25) is 10.0 Å². The standard InChI is InChI=1S/C28H47N7O3S/c1-4-34(5-2)20-13-21-39(37,38)33-25(19-18-23-14-9-7-10-15-23)27-31-26(35(6-3)32-27)22-29-28(36)30-24-16-11-8-12-17-24/h7,9-10,14-15,24-25,33H,4-6,8,11-13,16-22H2,1-3H3,(H2,29,30,36)/t25-/m1/s1. The van der Waals surface area contributed by atoms with Crippen molar-refractivity contribution in [3.63, 3.8) is 0 Å². The first-order valence-electron chi connectivity index (χ1n) is 14.6. The first-order valence-corrected chi connectivity index (χ1v) is 16.2. The van der Waals surface area contributed by atoms with Crippen LogP contribution in [0.1, 0.15) is 89.0 Å². The molecule has 1 aliphatic rings. The van der Waals surface area contributed by atoms with E-state index >= 15 is 0 Å². The maximum Gasteiger partial charge on any atom is 0.315 e. The summed E-state index contributed by atoms with van der Waals surface area (Å²) in [7, 11) is -3.54. The van der Waals surface area contributed by atoms with Crippen LogP contribution in [0.15, 0.2) is 30.3 Å². The molecule has 0 radical (unpaired) electrons. The summed E-state index contributed by atoms with van der Waals surface area (Å²) in [5.41, 5.74) is 1.12. The van der Waals surface area contributed by atoms with Crippen LogP contribution in [0.4, 0.5) is 4.79 Å². The molecule has 1 atom stereocenters. The molecule has 11 heteroatoms. The number of carbonyl (C=O) groups is 1. The predicted molar refractivity (Wildman–Crippen MR) is 155 cm³/mol. The van der Waals surface area contributed by atoms with Crippen LogP contribution in [-0.4, -0.2) is 65.5 Å². The van der Waals surface area contributed by atoms with Gasteiger partial charge in [-0.1, -0.05) is 63.4 Å². The number of hydrogen-bond acceptors (Lipinski definition) is 6. The van der Waals surface area contributed by atoms with Gasteiger partial charge in [0.25, 0.3) is 0 Å². The maximum absolute atomic E-state index is 13.1. The molecule has 1 fully saturated rings. The highest BCUT2D eigenvalue weighted by atomic mass is 32.2. The van der Waals surface area contributed by atoms with E-state index in [-0.39, 0.29) is 24.4 Å². The van der Waals surface area contributed by atoms with E-state index in [2.05, 4.69) is 39.2 Å². The lowest BCUT2D eigenvalue weighted by Gasteiger charge is -2.22. The van der Waals surface area contributed by atoms with Gasteiger partial charge < -0.3 is 15.5 Å². The minimum Gasteiger partial charge on any atom is -0.335 e. The average molecular weight is 562 g/mol. The van der Waals surface area contributed by atoms with E-state index < -0.39 is 16.1 Å². The molecule has 39 heavy (non-hydrogen) atoms. The Morgan fingerprint density at radius 2 is 1.82 bits per heavy atom. The fourth-order valence-electron chi connectivity index (χ4n) is 5.06. The molecule has 10 nitrogen and oxygen atoms in total. The smallest absolute Gasteiger partial charge is 0.315 e. The Bertz CT molecular complexity index is 1100. The summed E-state index contributed by atoms with van der Waals surface area (Å²) in [6.45, 7) is 9.45. The third-order valence-electron chi connectivity index (χ3n) is 7.39. The van der Waals surface area contributed by atoms with Crippen LogP contribution in [0.3, 0.4) is 0 Å². The van der Waals surface area contributed by atoms with Crippen LogP contribution < -0.4 is 15.4 Å².